The summed E-state index contributed by atoms with van der Waals surface area (Å²) in [6.45, 7) is 2.12. The molecule has 17 heavy (non-hydrogen) atoms. The van der Waals surface area contributed by atoms with Crippen LogP contribution in [-0.4, -0.2) is 5.78 Å². The number of thiophene rings is 1. The quantitative estimate of drug-likeness (QED) is 0.663. The highest BCUT2D eigenvalue weighted by molar-refractivity contribution is 7.12. The zero-order valence-electron chi connectivity index (χ0n) is 9.77. The van der Waals surface area contributed by atoms with E-state index in [1.807, 2.05) is 6.07 Å². The van der Waals surface area contributed by atoms with Gasteiger partial charge in [0.15, 0.2) is 5.78 Å². The van der Waals surface area contributed by atoms with E-state index in [4.69, 9.17) is 5.73 Å². The molecule has 1 heterocycles. The number of nitrogen functional groups attached to an aromatic ring is 1. The number of benzene rings is 1. The fourth-order valence-electron chi connectivity index (χ4n) is 1.64. The van der Waals surface area contributed by atoms with Crippen LogP contribution in [0.2, 0.25) is 0 Å². The molecule has 0 radical (unpaired) electrons. The number of carbonyl (C=O) groups excluding carboxylic acids is 1. The molecule has 0 spiro atoms. The third-order valence-corrected chi connectivity index (χ3v) is 3.86. The average Bonchev–Trinajstić information content (AvgIpc) is 2.77. The van der Waals surface area contributed by atoms with Crippen LogP contribution in [-0.2, 0) is 12.8 Å². The maximum absolute atomic E-state index is 12.0. The van der Waals surface area contributed by atoms with Crippen LogP contribution in [0.5, 0.6) is 0 Å². The Morgan fingerprint density at radius 2 is 1.76 bits per heavy atom. The molecule has 0 aliphatic heterocycles. The SMILES string of the molecule is CCc1ccc(CC(=O)c2ccc(N)cc2)s1. The Kier molecular flexibility index (Phi) is 3.59. The Labute approximate surface area is 105 Å². The summed E-state index contributed by atoms with van der Waals surface area (Å²) in [4.78, 5) is 14.4. The van der Waals surface area contributed by atoms with Crippen LogP contribution < -0.4 is 5.73 Å². The first-order chi connectivity index (χ1) is 8.19. The van der Waals surface area contributed by atoms with E-state index in [9.17, 15) is 4.79 Å². The molecule has 0 aliphatic carbocycles. The third-order valence-electron chi connectivity index (χ3n) is 2.63. The zero-order valence-corrected chi connectivity index (χ0v) is 10.6. The summed E-state index contributed by atoms with van der Waals surface area (Å²) in [6, 6.07) is 11.2. The van der Waals surface area contributed by atoms with Gasteiger partial charge >= 0.3 is 0 Å². The number of aryl methyl sites for hydroxylation is 1. The lowest BCUT2D eigenvalue weighted by Gasteiger charge is -1.99. The van der Waals surface area contributed by atoms with Crippen LogP contribution in [0, 0.1) is 0 Å². The van der Waals surface area contributed by atoms with Crippen LogP contribution in [0.3, 0.4) is 0 Å². The van der Waals surface area contributed by atoms with Crippen LogP contribution in [0.15, 0.2) is 36.4 Å². The lowest BCUT2D eigenvalue weighted by molar-refractivity contribution is 0.0994. The second kappa shape index (κ2) is 5.15. The first-order valence-electron chi connectivity index (χ1n) is 5.65. The third kappa shape index (κ3) is 2.94. The van der Waals surface area contributed by atoms with Gasteiger partial charge in [0, 0.05) is 27.4 Å². The molecule has 0 bridgehead atoms. The van der Waals surface area contributed by atoms with Gasteiger partial charge in [-0.3, -0.25) is 4.79 Å². The Morgan fingerprint density at radius 3 is 2.35 bits per heavy atom. The number of Topliss-reactive ketones (excluding diaryl/α,β-unsaturated/α-hetero) is 1. The molecule has 1 aromatic carbocycles. The predicted molar refractivity (Wildman–Crippen MR) is 72.6 cm³/mol. The van der Waals surface area contributed by atoms with Gasteiger partial charge in [0.2, 0.25) is 0 Å². The van der Waals surface area contributed by atoms with Crippen molar-refractivity contribution in [3.8, 4) is 0 Å². The van der Waals surface area contributed by atoms with E-state index >= 15 is 0 Å². The van der Waals surface area contributed by atoms with E-state index in [1.165, 1.54) is 4.88 Å². The molecule has 2 rings (SSSR count). The monoisotopic (exact) mass is 245 g/mol. The number of carbonyl (C=O) groups is 1. The Bertz CT molecular complexity index is 513. The minimum atomic E-state index is 0.148. The Morgan fingerprint density at radius 1 is 1.12 bits per heavy atom. The van der Waals surface area contributed by atoms with Crippen molar-refractivity contribution in [2.45, 2.75) is 19.8 Å². The van der Waals surface area contributed by atoms with E-state index in [-0.39, 0.29) is 5.78 Å². The van der Waals surface area contributed by atoms with Gasteiger partial charge in [0.05, 0.1) is 0 Å². The van der Waals surface area contributed by atoms with Crippen molar-refractivity contribution in [3.05, 3.63) is 51.7 Å². The van der Waals surface area contributed by atoms with Crippen molar-refractivity contribution in [1.82, 2.24) is 0 Å². The van der Waals surface area contributed by atoms with Gasteiger partial charge in [-0.15, -0.1) is 11.3 Å². The summed E-state index contributed by atoms with van der Waals surface area (Å²) < 4.78 is 0. The standard InChI is InChI=1S/C14H15NOS/c1-2-12-7-8-13(17-12)9-14(16)10-3-5-11(15)6-4-10/h3-8H,2,9,15H2,1H3. The van der Waals surface area contributed by atoms with Crippen molar-refractivity contribution >= 4 is 22.8 Å². The minimum absolute atomic E-state index is 0.148. The topological polar surface area (TPSA) is 43.1 Å². The van der Waals surface area contributed by atoms with Gasteiger partial charge < -0.3 is 5.73 Å². The van der Waals surface area contributed by atoms with Crippen molar-refractivity contribution in [2.75, 3.05) is 5.73 Å². The van der Waals surface area contributed by atoms with Crippen LogP contribution in [0.4, 0.5) is 5.69 Å². The fraction of sp³-hybridized carbons (Fsp3) is 0.214. The van der Waals surface area contributed by atoms with Gasteiger partial charge in [-0.05, 0) is 42.8 Å². The molecule has 0 unspecified atom stereocenters. The minimum Gasteiger partial charge on any atom is -0.399 e. The Hall–Kier alpha value is -1.61. The largest absolute Gasteiger partial charge is 0.399 e. The summed E-state index contributed by atoms with van der Waals surface area (Å²) in [6.07, 6.45) is 1.51. The molecular formula is C14H15NOS. The summed E-state index contributed by atoms with van der Waals surface area (Å²) in [5, 5.41) is 0. The van der Waals surface area contributed by atoms with Gasteiger partial charge in [-0.2, -0.15) is 0 Å². The van der Waals surface area contributed by atoms with Crippen molar-refractivity contribution < 1.29 is 4.79 Å². The zero-order chi connectivity index (χ0) is 12.3. The van der Waals surface area contributed by atoms with Crippen molar-refractivity contribution in [2.24, 2.45) is 0 Å². The summed E-state index contributed by atoms with van der Waals surface area (Å²) in [7, 11) is 0. The number of hydrogen-bond acceptors (Lipinski definition) is 3. The molecule has 2 aromatic rings. The average molecular weight is 245 g/mol. The normalized spacial score (nSPS) is 10.4. The maximum atomic E-state index is 12.0. The van der Waals surface area contributed by atoms with E-state index < -0.39 is 0 Å². The van der Waals surface area contributed by atoms with E-state index in [0.29, 0.717) is 12.1 Å². The van der Waals surface area contributed by atoms with E-state index in [0.717, 1.165) is 16.9 Å². The number of ketones is 1. The molecule has 2 nitrogen and oxygen atoms in total. The smallest absolute Gasteiger partial charge is 0.168 e. The molecule has 2 N–H and O–H groups in total. The maximum Gasteiger partial charge on any atom is 0.168 e. The summed E-state index contributed by atoms with van der Waals surface area (Å²) in [5.74, 6) is 0.148. The first-order valence-corrected chi connectivity index (χ1v) is 6.47. The lowest BCUT2D eigenvalue weighted by atomic mass is 10.1. The fourth-order valence-corrected chi connectivity index (χ4v) is 2.59. The molecule has 0 amide bonds. The molecule has 88 valence electrons. The summed E-state index contributed by atoms with van der Waals surface area (Å²) in [5.41, 5.74) is 7.01. The van der Waals surface area contributed by atoms with Gasteiger partial charge in [-0.25, -0.2) is 0 Å². The van der Waals surface area contributed by atoms with Gasteiger partial charge in [-0.1, -0.05) is 6.92 Å². The molecule has 3 heteroatoms. The van der Waals surface area contributed by atoms with Gasteiger partial charge in [0.25, 0.3) is 0 Å². The summed E-state index contributed by atoms with van der Waals surface area (Å²) >= 11 is 1.71. The van der Waals surface area contributed by atoms with Crippen molar-refractivity contribution in [1.29, 1.82) is 0 Å². The highest BCUT2D eigenvalue weighted by Gasteiger charge is 2.08. The lowest BCUT2D eigenvalue weighted by Crippen LogP contribution is -2.02. The van der Waals surface area contributed by atoms with Crippen LogP contribution >= 0.6 is 11.3 Å². The molecule has 1 aromatic heterocycles. The Balaban J connectivity index is 2.08. The molecule has 0 fully saturated rings. The predicted octanol–water partition coefficient (Wildman–Crippen LogP) is 3.32. The first kappa shape index (κ1) is 11.9. The molecular weight excluding hydrogens is 230 g/mol. The van der Waals surface area contributed by atoms with Crippen molar-refractivity contribution in [3.63, 3.8) is 0 Å². The number of hydrogen-bond donors (Lipinski definition) is 1. The second-order valence-electron chi connectivity index (χ2n) is 3.94. The molecule has 0 atom stereocenters. The molecule has 0 saturated carbocycles. The molecule has 0 saturated heterocycles. The second-order valence-corrected chi connectivity index (χ2v) is 5.20. The highest BCUT2D eigenvalue weighted by atomic mass is 32.1. The van der Waals surface area contributed by atoms with E-state index in [2.05, 4.69) is 13.0 Å². The highest BCUT2D eigenvalue weighted by Crippen LogP contribution is 2.19. The number of nitrogens with two attached hydrogens (primary N) is 1. The van der Waals surface area contributed by atoms with Crippen LogP contribution in [0.1, 0.15) is 27.0 Å². The number of rotatable bonds is 4. The number of anilines is 1. The molecule has 0 aliphatic rings. The van der Waals surface area contributed by atoms with Crippen LogP contribution in [0.25, 0.3) is 0 Å². The van der Waals surface area contributed by atoms with E-state index in [1.54, 1.807) is 35.6 Å². The van der Waals surface area contributed by atoms with Gasteiger partial charge in [0.1, 0.15) is 0 Å².